The van der Waals surface area contributed by atoms with Gasteiger partial charge in [0.2, 0.25) is 0 Å². The fourth-order valence-electron chi connectivity index (χ4n) is 2.21. The Morgan fingerprint density at radius 1 is 0.600 bits per heavy atom. The summed E-state index contributed by atoms with van der Waals surface area (Å²) in [5, 5.41) is 30.0. The van der Waals surface area contributed by atoms with Crippen LogP contribution in [0.3, 0.4) is 0 Å². The first-order valence-corrected chi connectivity index (χ1v) is 6.79. The predicted molar refractivity (Wildman–Crippen MR) is 78.3 cm³/mol. The van der Waals surface area contributed by atoms with E-state index in [9.17, 15) is 15.3 Å². The molecule has 0 aliphatic heterocycles. The van der Waals surface area contributed by atoms with E-state index in [1.807, 2.05) is 60.7 Å². The van der Waals surface area contributed by atoms with Gasteiger partial charge in [0.1, 0.15) is 6.10 Å². The lowest BCUT2D eigenvalue weighted by atomic mass is 9.96. The second-order valence-electron chi connectivity index (χ2n) is 5.00. The third kappa shape index (κ3) is 4.17. The summed E-state index contributed by atoms with van der Waals surface area (Å²) < 4.78 is 0. The van der Waals surface area contributed by atoms with E-state index in [-0.39, 0.29) is 0 Å². The molecular weight excluding hydrogens is 252 g/mol. The van der Waals surface area contributed by atoms with Gasteiger partial charge in [0.05, 0.1) is 12.2 Å². The minimum absolute atomic E-state index is 0.327. The largest absolute Gasteiger partial charge is 0.390 e. The van der Waals surface area contributed by atoms with Crippen LogP contribution in [0.25, 0.3) is 0 Å². The zero-order valence-electron chi connectivity index (χ0n) is 11.3. The summed E-state index contributed by atoms with van der Waals surface area (Å²) in [6.07, 6.45) is -2.45. The molecule has 0 spiro atoms. The number of aliphatic hydroxyl groups is 3. The molecule has 2 atom stereocenters. The van der Waals surface area contributed by atoms with Crippen LogP contribution in [-0.2, 0) is 12.8 Å². The van der Waals surface area contributed by atoms with Crippen molar-refractivity contribution in [3.05, 3.63) is 71.8 Å². The van der Waals surface area contributed by atoms with Gasteiger partial charge in [0.15, 0.2) is 0 Å². The Balaban J connectivity index is 1.91. The summed E-state index contributed by atoms with van der Waals surface area (Å²) in [5.74, 6) is 0. The van der Waals surface area contributed by atoms with Crippen LogP contribution < -0.4 is 0 Å². The van der Waals surface area contributed by atoms with Gasteiger partial charge in [0.25, 0.3) is 0 Å². The first-order valence-electron chi connectivity index (χ1n) is 6.79. The van der Waals surface area contributed by atoms with Gasteiger partial charge in [-0.2, -0.15) is 0 Å². The lowest BCUT2D eigenvalue weighted by Gasteiger charge is -2.23. The topological polar surface area (TPSA) is 60.7 Å². The van der Waals surface area contributed by atoms with Gasteiger partial charge in [-0.1, -0.05) is 60.7 Å². The third-order valence-corrected chi connectivity index (χ3v) is 3.36. The minimum Gasteiger partial charge on any atom is -0.390 e. The highest BCUT2D eigenvalue weighted by molar-refractivity contribution is 5.17. The van der Waals surface area contributed by atoms with Crippen molar-refractivity contribution in [3.8, 4) is 0 Å². The Hall–Kier alpha value is -1.68. The smallest absolute Gasteiger partial charge is 0.106 e. The van der Waals surface area contributed by atoms with Gasteiger partial charge in [0, 0.05) is 12.8 Å². The molecule has 3 nitrogen and oxygen atoms in total. The molecule has 0 aliphatic rings. The van der Waals surface area contributed by atoms with E-state index in [2.05, 4.69) is 0 Å². The zero-order valence-corrected chi connectivity index (χ0v) is 11.3. The van der Waals surface area contributed by atoms with Crippen molar-refractivity contribution in [2.75, 3.05) is 0 Å². The molecule has 106 valence electrons. The molecule has 0 heterocycles. The molecule has 0 aromatic heterocycles. The van der Waals surface area contributed by atoms with E-state index < -0.39 is 18.3 Å². The number of aliphatic hydroxyl groups excluding tert-OH is 3. The Kier molecular flexibility index (Phi) is 5.30. The van der Waals surface area contributed by atoms with Crippen LogP contribution in [0.1, 0.15) is 11.1 Å². The van der Waals surface area contributed by atoms with Crippen molar-refractivity contribution in [1.29, 1.82) is 0 Å². The molecule has 0 amide bonds. The SMILES string of the molecule is OC(Cc1ccccc1)C(O)C(O)Cc1ccccc1. The lowest BCUT2D eigenvalue weighted by Crippen LogP contribution is -2.39. The predicted octanol–water partition coefficient (Wildman–Crippen LogP) is 1.55. The van der Waals surface area contributed by atoms with E-state index in [4.69, 9.17) is 0 Å². The van der Waals surface area contributed by atoms with Crippen LogP contribution in [0.15, 0.2) is 60.7 Å². The van der Waals surface area contributed by atoms with Crippen LogP contribution in [0.2, 0.25) is 0 Å². The fraction of sp³-hybridized carbons (Fsp3) is 0.294. The van der Waals surface area contributed by atoms with E-state index in [0.29, 0.717) is 12.8 Å². The molecule has 2 aromatic rings. The van der Waals surface area contributed by atoms with Gasteiger partial charge < -0.3 is 15.3 Å². The fourth-order valence-corrected chi connectivity index (χ4v) is 2.21. The van der Waals surface area contributed by atoms with Crippen molar-refractivity contribution in [2.24, 2.45) is 0 Å². The lowest BCUT2D eigenvalue weighted by molar-refractivity contribution is -0.0577. The van der Waals surface area contributed by atoms with Crippen LogP contribution in [-0.4, -0.2) is 33.6 Å². The second kappa shape index (κ2) is 7.20. The van der Waals surface area contributed by atoms with E-state index >= 15 is 0 Å². The first kappa shape index (κ1) is 14.7. The molecule has 0 aliphatic carbocycles. The average Bonchev–Trinajstić information content (AvgIpc) is 2.48. The molecule has 2 unspecified atom stereocenters. The quantitative estimate of drug-likeness (QED) is 0.748. The highest BCUT2D eigenvalue weighted by Crippen LogP contribution is 2.12. The summed E-state index contributed by atoms with van der Waals surface area (Å²) in [5.41, 5.74) is 1.87. The molecule has 0 fully saturated rings. The molecular formula is C17H20O3. The monoisotopic (exact) mass is 272 g/mol. The maximum Gasteiger partial charge on any atom is 0.106 e. The number of rotatable bonds is 6. The molecule has 20 heavy (non-hydrogen) atoms. The molecule has 0 bridgehead atoms. The van der Waals surface area contributed by atoms with Crippen LogP contribution in [0.4, 0.5) is 0 Å². The van der Waals surface area contributed by atoms with Crippen LogP contribution >= 0.6 is 0 Å². The van der Waals surface area contributed by atoms with E-state index in [1.165, 1.54) is 0 Å². The van der Waals surface area contributed by atoms with Gasteiger partial charge in [-0.25, -0.2) is 0 Å². The van der Waals surface area contributed by atoms with Crippen molar-refractivity contribution in [2.45, 2.75) is 31.2 Å². The molecule has 0 radical (unpaired) electrons. The minimum atomic E-state index is -1.16. The van der Waals surface area contributed by atoms with Gasteiger partial charge in [-0.15, -0.1) is 0 Å². The summed E-state index contributed by atoms with van der Waals surface area (Å²) in [6.45, 7) is 0. The number of hydrogen-bond donors (Lipinski definition) is 3. The third-order valence-electron chi connectivity index (χ3n) is 3.36. The molecule has 3 heteroatoms. The van der Waals surface area contributed by atoms with Crippen molar-refractivity contribution >= 4 is 0 Å². The zero-order chi connectivity index (χ0) is 14.4. The van der Waals surface area contributed by atoms with Gasteiger partial charge in [-0.05, 0) is 11.1 Å². The first-order chi connectivity index (χ1) is 9.66. The molecule has 0 saturated carbocycles. The highest BCUT2D eigenvalue weighted by Gasteiger charge is 2.24. The maximum atomic E-state index is 10.0. The molecule has 2 rings (SSSR count). The normalized spacial score (nSPS) is 15.6. The maximum absolute atomic E-state index is 10.0. The number of hydrogen-bond acceptors (Lipinski definition) is 3. The summed E-state index contributed by atoms with van der Waals surface area (Å²) in [4.78, 5) is 0. The van der Waals surface area contributed by atoms with Gasteiger partial charge >= 0.3 is 0 Å². The Labute approximate surface area is 119 Å². The Morgan fingerprint density at radius 2 is 0.950 bits per heavy atom. The molecule has 0 saturated heterocycles. The van der Waals surface area contributed by atoms with Crippen LogP contribution in [0, 0.1) is 0 Å². The van der Waals surface area contributed by atoms with Crippen molar-refractivity contribution < 1.29 is 15.3 Å². The second-order valence-corrected chi connectivity index (χ2v) is 5.00. The Morgan fingerprint density at radius 3 is 1.30 bits per heavy atom. The summed E-state index contributed by atoms with van der Waals surface area (Å²) in [7, 11) is 0. The molecule has 3 N–H and O–H groups in total. The van der Waals surface area contributed by atoms with E-state index in [0.717, 1.165) is 11.1 Å². The van der Waals surface area contributed by atoms with Crippen molar-refractivity contribution in [3.63, 3.8) is 0 Å². The van der Waals surface area contributed by atoms with Crippen molar-refractivity contribution in [1.82, 2.24) is 0 Å². The summed E-state index contributed by atoms with van der Waals surface area (Å²) in [6, 6.07) is 18.9. The molecule has 2 aromatic carbocycles. The average molecular weight is 272 g/mol. The van der Waals surface area contributed by atoms with Crippen LogP contribution in [0.5, 0.6) is 0 Å². The number of benzene rings is 2. The van der Waals surface area contributed by atoms with Gasteiger partial charge in [-0.3, -0.25) is 0 Å². The van der Waals surface area contributed by atoms with E-state index in [1.54, 1.807) is 0 Å². The summed E-state index contributed by atoms with van der Waals surface area (Å²) >= 11 is 0. The Bertz CT molecular complexity index is 451. The standard InChI is InChI=1S/C17H20O3/c18-15(11-13-7-3-1-4-8-13)17(20)16(19)12-14-9-5-2-6-10-14/h1-10,15-20H,11-12H2. The highest BCUT2D eigenvalue weighted by atomic mass is 16.4.